The van der Waals surface area contributed by atoms with E-state index in [0.29, 0.717) is 11.3 Å². The van der Waals surface area contributed by atoms with Gasteiger partial charge in [0, 0.05) is 11.6 Å². The van der Waals surface area contributed by atoms with Crippen LogP contribution in [0.2, 0.25) is 0 Å². The van der Waals surface area contributed by atoms with Crippen LogP contribution < -0.4 is 11.1 Å². The van der Waals surface area contributed by atoms with Crippen LogP contribution >= 0.6 is 0 Å². The third kappa shape index (κ3) is 5.55. The number of para-hydroxylation sites is 1. The van der Waals surface area contributed by atoms with Crippen LogP contribution in [0.5, 0.6) is 0 Å². The van der Waals surface area contributed by atoms with Crippen LogP contribution in [0.1, 0.15) is 31.8 Å². The molecular formula is C28H22N2O4. The Morgan fingerprint density at radius 3 is 2.32 bits per heavy atom. The molecule has 0 aliphatic heterocycles. The van der Waals surface area contributed by atoms with Crippen LogP contribution in [0, 0.1) is 0 Å². The Balaban J connectivity index is 1.43. The normalized spacial score (nSPS) is 10.8. The lowest BCUT2D eigenvalue weighted by Crippen LogP contribution is -2.13. The second-order valence-corrected chi connectivity index (χ2v) is 7.62. The summed E-state index contributed by atoms with van der Waals surface area (Å²) in [6, 6.07) is 26.9. The first-order valence-electron chi connectivity index (χ1n) is 10.6. The van der Waals surface area contributed by atoms with Gasteiger partial charge in [0.25, 0.3) is 0 Å². The van der Waals surface area contributed by atoms with Crippen LogP contribution in [0.25, 0.3) is 16.8 Å². The molecule has 0 unspecified atom stereocenters. The molecule has 6 nitrogen and oxygen atoms in total. The second kappa shape index (κ2) is 10.3. The SMILES string of the molecule is NC(=O)c1ccc2cc(/C=C/C(=O)Nc3ccccc3C(=O)OCc3ccccc3)ccc2c1. The van der Waals surface area contributed by atoms with Crippen molar-refractivity contribution in [3.8, 4) is 0 Å². The smallest absolute Gasteiger partial charge is 0.340 e. The average Bonchev–Trinajstić information content (AvgIpc) is 2.86. The highest BCUT2D eigenvalue weighted by atomic mass is 16.5. The Kier molecular flexibility index (Phi) is 6.79. The topological polar surface area (TPSA) is 98.5 Å². The molecule has 0 bridgehead atoms. The van der Waals surface area contributed by atoms with Crippen molar-refractivity contribution in [2.24, 2.45) is 5.73 Å². The minimum absolute atomic E-state index is 0.144. The molecule has 4 aromatic rings. The molecule has 0 aliphatic rings. The van der Waals surface area contributed by atoms with Gasteiger partial charge in [-0.3, -0.25) is 9.59 Å². The van der Waals surface area contributed by atoms with Gasteiger partial charge in [0.1, 0.15) is 6.61 Å². The summed E-state index contributed by atoms with van der Waals surface area (Å²) >= 11 is 0. The Hall–Kier alpha value is -4.71. The Morgan fingerprint density at radius 2 is 1.53 bits per heavy atom. The highest BCUT2D eigenvalue weighted by molar-refractivity contribution is 6.06. The number of primary amides is 1. The number of carbonyl (C=O) groups is 3. The maximum Gasteiger partial charge on any atom is 0.340 e. The molecule has 4 rings (SSSR count). The first-order chi connectivity index (χ1) is 16.5. The van der Waals surface area contributed by atoms with E-state index in [-0.39, 0.29) is 18.1 Å². The Bertz CT molecular complexity index is 1390. The van der Waals surface area contributed by atoms with Crippen molar-refractivity contribution in [1.29, 1.82) is 0 Å². The fourth-order valence-electron chi connectivity index (χ4n) is 3.44. The van der Waals surface area contributed by atoms with Crippen molar-refractivity contribution in [3.63, 3.8) is 0 Å². The number of hydrogen-bond donors (Lipinski definition) is 2. The first kappa shape index (κ1) is 22.5. The number of rotatable bonds is 7. The molecule has 2 amide bonds. The van der Waals surface area contributed by atoms with Gasteiger partial charge in [-0.1, -0.05) is 60.7 Å². The number of carbonyl (C=O) groups excluding carboxylic acids is 3. The molecule has 0 heterocycles. The molecule has 0 atom stereocenters. The number of fused-ring (bicyclic) bond motifs is 1. The van der Waals surface area contributed by atoms with Gasteiger partial charge in [-0.05, 0) is 58.3 Å². The van der Waals surface area contributed by atoms with Crippen molar-refractivity contribution in [2.75, 3.05) is 5.32 Å². The van der Waals surface area contributed by atoms with E-state index in [9.17, 15) is 14.4 Å². The summed E-state index contributed by atoms with van der Waals surface area (Å²) in [6.45, 7) is 0.144. The summed E-state index contributed by atoms with van der Waals surface area (Å²) in [5, 5.41) is 4.53. The number of nitrogens with two attached hydrogens (primary N) is 1. The van der Waals surface area contributed by atoms with E-state index < -0.39 is 11.9 Å². The molecule has 3 N–H and O–H groups in total. The monoisotopic (exact) mass is 450 g/mol. The molecule has 0 fully saturated rings. The summed E-state index contributed by atoms with van der Waals surface area (Å²) in [5.41, 5.74) is 8.10. The van der Waals surface area contributed by atoms with Crippen molar-refractivity contribution in [2.45, 2.75) is 6.61 Å². The molecule has 34 heavy (non-hydrogen) atoms. The molecular weight excluding hydrogens is 428 g/mol. The van der Waals surface area contributed by atoms with Gasteiger partial charge in [-0.25, -0.2) is 4.79 Å². The highest BCUT2D eigenvalue weighted by Crippen LogP contribution is 2.20. The van der Waals surface area contributed by atoms with E-state index in [0.717, 1.165) is 21.9 Å². The molecule has 6 heteroatoms. The van der Waals surface area contributed by atoms with Crippen LogP contribution in [0.15, 0.2) is 97.1 Å². The minimum atomic E-state index is -0.520. The van der Waals surface area contributed by atoms with Gasteiger partial charge >= 0.3 is 5.97 Å². The zero-order valence-electron chi connectivity index (χ0n) is 18.2. The summed E-state index contributed by atoms with van der Waals surface area (Å²) in [4.78, 5) is 36.4. The lowest BCUT2D eigenvalue weighted by atomic mass is 10.0. The number of esters is 1. The summed E-state index contributed by atoms with van der Waals surface area (Å²) in [6.07, 6.45) is 3.07. The van der Waals surface area contributed by atoms with Gasteiger partial charge in [0.05, 0.1) is 11.3 Å². The third-order valence-electron chi connectivity index (χ3n) is 5.19. The standard InChI is InChI=1S/C28H22N2O4/c29-27(32)23-14-13-21-16-19(10-12-22(21)17-23)11-15-26(31)30-25-9-5-4-8-24(25)28(33)34-18-20-6-2-1-3-7-20/h1-17H,18H2,(H2,29,32)(H,30,31)/b15-11+. The molecule has 0 radical (unpaired) electrons. The molecule has 0 spiro atoms. The van der Waals surface area contributed by atoms with E-state index in [2.05, 4.69) is 5.32 Å². The second-order valence-electron chi connectivity index (χ2n) is 7.62. The van der Waals surface area contributed by atoms with Gasteiger partial charge in [0.2, 0.25) is 11.8 Å². The predicted molar refractivity (Wildman–Crippen MR) is 132 cm³/mol. The van der Waals surface area contributed by atoms with Crippen LogP contribution in [0.4, 0.5) is 5.69 Å². The predicted octanol–water partition coefficient (Wildman–Crippen LogP) is 4.95. The van der Waals surface area contributed by atoms with E-state index in [4.69, 9.17) is 10.5 Å². The van der Waals surface area contributed by atoms with Crippen molar-refractivity contribution >= 4 is 40.3 Å². The number of hydrogen-bond acceptors (Lipinski definition) is 4. The molecule has 4 aromatic carbocycles. The largest absolute Gasteiger partial charge is 0.457 e. The summed E-state index contributed by atoms with van der Waals surface area (Å²) in [5.74, 6) is -1.38. The Labute approximate surface area is 196 Å². The van der Waals surface area contributed by atoms with Gasteiger partial charge < -0.3 is 15.8 Å². The zero-order chi connectivity index (χ0) is 23.9. The quantitative estimate of drug-likeness (QED) is 0.307. The van der Waals surface area contributed by atoms with Crippen molar-refractivity contribution < 1.29 is 19.1 Å². The fraction of sp³-hybridized carbons (Fsp3) is 0.0357. The maximum absolute atomic E-state index is 12.6. The highest BCUT2D eigenvalue weighted by Gasteiger charge is 2.14. The van der Waals surface area contributed by atoms with Crippen LogP contribution in [-0.2, 0) is 16.1 Å². The van der Waals surface area contributed by atoms with Crippen LogP contribution in [0.3, 0.4) is 0 Å². The lowest BCUT2D eigenvalue weighted by molar-refractivity contribution is -0.111. The molecule has 168 valence electrons. The van der Waals surface area contributed by atoms with E-state index in [1.54, 1.807) is 42.5 Å². The fourth-order valence-corrected chi connectivity index (χ4v) is 3.44. The maximum atomic E-state index is 12.6. The first-order valence-corrected chi connectivity index (χ1v) is 10.6. The number of amides is 2. The van der Waals surface area contributed by atoms with Gasteiger partial charge in [-0.2, -0.15) is 0 Å². The molecule has 0 aliphatic carbocycles. The van der Waals surface area contributed by atoms with Crippen molar-refractivity contribution in [1.82, 2.24) is 0 Å². The number of benzene rings is 4. The summed E-state index contributed by atoms with van der Waals surface area (Å²) < 4.78 is 5.39. The third-order valence-corrected chi connectivity index (χ3v) is 5.19. The molecule has 0 saturated carbocycles. The number of anilines is 1. The minimum Gasteiger partial charge on any atom is -0.457 e. The zero-order valence-corrected chi connectivity index (χ0v) is 18.2. The number of ether oxygens (including phenoxy) is 1. The van der Waals surface area contributed by atoms with Crippen LogP contribution in [-0.4, -0.2) is 17.8 Å². The average molecular weight is 450 g/mol. The summed E-state index contributed by atoms with van der Waals surface area (Å²) in [7, 11) is 0. The van der Waals surface area contributed by atoms with E-state index in [1.165, 1.54) is 6.08 Å². The lowest BCUT2D eigenvalue weighted by Gasteiger charge is -2.10. The number of nitrogens with one attached hydrogen (secondary N) is 1. The van der Waals surface area contributed by atoms with Gasteiger partial charge in [0.15, 0.2) is 0 Å². The van der Waals surface area contributed by atoms with Crippen molar-refractivity contribution in [3.05, 3.63) is 119 Å². The van der Waals surface area contributed by atoms with E-state index >= 15 is 0 Å². The molecule has 0 aromatic heterocycles. The molecule has 0 saturated heterocycles. The Morgan fingerprint density at radius 1 is 0.824 bits per heavy atom. The van der Waals surface area contributed by atoms with Gasteiger partial charge in [-0.15, -0.1) is 0 Å². The van der Waals surface area contributed by atoms with E-state index in [1.807, 2.05) is 54.6 Å².